The van der Waals surface area contributed by atoms with Crippen LogP contribution >= 0.6 is 15.9 Å². The molecule has 0 aliphatic carbocycles. The third-order valence-corrected chi connectivity index (χ3v) is 5.09. The number of rotatable bonds is 4. The highest BCUT2D eigenvalue weighted by molar-refractivity contribution is 9.10. The summed E-state index contributed by atoms with van der Waals surface area (Å²) in [6.07, 6.45) is 1.64. The maximum atomic E-state index is 12.4. The van der Waals surface area contributed by atoms with Gasteiger partial charge in [0.15, 0.2) is 0 Å². The minimum Gasteiger partial charge on any atom is -0.363 e. The number of carbonyl (C=O) groups is 1. The van der Waals surface area contributed by atoms with Crippen LogP contribution in [-0.2, 0) is 13.1 Å². The molecule has 0 unspecified atom stereocenters. The molecule has 0 saturated heterocycles. The SMILES string of the molecule is O=C(NN=Cc1ccccc1)c1ccc2c(c1)CN(c1ccc(Br)cc1)C2. The van der Waals surface area contributed by atoms with Crippen LogP contribution in [0.1, 0.15) is 27.0 Å². The van der Waals surface area contributed by atoms with Gasteiger partial charge in [-0.15, -0.1) is 0 Å². The van der Waals surface area contributed by atoms with Crippen LogP contribution in [0.15, 0.2) is 82.4 Å². The minimum absolute atomic E-state index is 0.202. The molecular weight excluding hydrogens is 402 g/mol. The maximum Gasteiger partial charge on any atom is 0.271 e. The van der Waals surface area contributed by atoms with Gasteiger partial charge in [-0.25, -0.2) is 5.43 Å². The lowest BCUT2D eigenvalue weighted by molar-refractivity contribution is 0.0955. The van der Waals surface area contributed by atoms with Crippen molar-refractivity contribution in [3.8, 4) is 0 Å². The number of hydrazone groups is 1. The predicted octanol–water partition coefficient (Wildman–Crippen LogP) is 4.73. The molecule has 0 atom stereocenters. The van der Waals surface area contributed by atoms with Gasteiger partial charge in [0.05, 0.1) is 6.21 Å². The van der Waals surface area contributed by atoms with E-state index in [1.54, 1.807) is 6.21 Å². The molecule has 0 bridgehead atoms. The van der Waals surface area contributed by atoms with Gasteiger partial charge in [0.25, 0.3) is 5.91 Å². The van der Waals surface area contributed by atoms with Crippen LogP contribution in [0.25, 0.3) is 0 Å². The zero-order chi connectivity index (χ0) is 18.6. The van der Waals surface area contributed by atoms with Crippen LogP contribution in [0.2, 0.25) is 0 Å². The molecule has 5 heteroatoms. The fourth-order valence-corrected chi connectivity index (χ4v) is 3.40. The Morgan fingerprint density at radius 3 is 2.48 bits per heavy atom. The summed E-state index contributed by atoms with van der Waals surface area (Å²) in [5, 5.41) is 4.04. The van der Waals surface area contributed by atoms with Crippen molar-refractivity contribution in [2.45, 2.75) is 13.1 Å². The number of hydrogen-bond acceptors (Lipinski definition) is 3. The molecule has 3 aromatic carbocycles. The van der Waals surface area contributed by atoms with E-state index in [1.807, 2.05) is 60.7 Å². The normalized spacial score (nSPS) is 13.0. The highest BCUT2D eigenvalue weighted by atomic mass is 79.9. The molecule has 3 aromatic rings. The lowest BCUT2D eigenvalue weighted by Crippen LogP contribution is -2.17. The average Bonchev–Trinajstić information content (AvgIpc) is 3.12. The Bertz CT molecular complexity index is 984. The molecule has 0 fully saturated rings. The standard InChI is InChI=1S/C22H18BrN3O/c23-20-8-10-21(11-9-20)26-14-18-7-6-17(12-19(18)15-26)22(27)25-24-13-16-4-2-1-3-5-16/h1-13H,14-15H2,(H,25,27). The molecule has 1 aliphatic rings. The lowest BCUT2D eigenvalue weighted by Gasteiger charge is -2.17. The van der Waals surface area contributed by atoms with E-state index in [-0.39, 0.29) is 5.91 Å². The monoisotopic (exact) mass is 419 g/mol. The summed E-state index contributed by atoms with van der Waals surface area (Å²) in [5.41, 5.74) is 7.77. The van der Waals surface area contributed by atoms with Gasteiger partial charge in [-0.1, -0.05) is 52.3 Å². The van der Waals surface area contributed by atoms with Gasteiger partial charge in [-0.3, -0.25) is 4.79 Å². The molecule has 1 heterocycles. The second-order valence-corrected chi connectivity index (χ2v) is 7.34. The van der Waals surface area contributed by atoms with Gasteiger partial charge < -0.3 is 4.90 Å². The Labute approximate surface area is 166 Å². The van der Waals surface area contributed by atoms with E-state index in [4.69, 9.17) is 0 Å². The fraction of sp³-hybridized carbons (Fsp3) is 0.0909. The molecule has 1 amide bonds. The van der Waals surface area contributed by atoms with Crippen molar-refractivity contribution < 1.29 is 4.79 Å². The Hall–Kier alpha value is -2.92. The summed E-state index contributed by atoms with van der Waals surface area (Å²) in [6.45, 7) is 1.65. The van der Waals surface area contributed by atoms with Crippen LogP contribution < -0.4 is 10.3 Å². The maximum absolute atomic E-state index is 12.4. The summed E-state index contributed by atoms with van der Waals surface area (Å²) in [5.74, 6) is -0.202. The van der Waals surface area contributed by atoms with Gasteiger partial charge in [0.2, 0.25) is 0 Å². The van der Waals surface area contributed by atoms with Gasteiger partial charge in [0, 0.05) is 28.8 Å². The van der Waals surface area contributed by atoms with Crippen molar-refractivity contribution in [2.24, 2.45) is 5.10 Å². The second kappa shape index (κ2) is 7.76. The number of halogens is 1. The first kappa shape index (κ1) is 17.5. The number of nitrogens with zero attached hydrogens (tertiary/aromatic N) is 2. The smallest absolute Gasteiger partial charge is 0.271 e. The predicted molar refractivity (Wildman–Crippen MR) is 112 cm³/mol. The van der Waals surface area contributed by atoms with Crippen molar-refractivity contribution in [2.75, 3.05) is 4.90 Å². The van der Waals surface area contributed by atoms with Gasteiger partial charge in [0.1, 0.15) is 0 Å². The summed E-state index contributed by atoms with van der Waals surface area (Å²) in [4.78, 5) is 14.7. The molecule has 134 valence electrons. The van der Waals surface area contributed by atoms with Crippen LogP contribution in [0, 0.1) is 0 Å². The van der Waals surface area contributed by atoms with Gasteiger partial charge in [-0.05, 0) is 53.1 Å². The molecule has 27 heavy (non-hydrogen) atoms. The van der Waals surface area contributed by atoms with E-state index in [9.17, 15) is 4.79 Å². The number of benzene rings is 3. The van der Waals surface area contributed by atoms with Crippen molar-refractivity contribution in [3.63, 3.8) is 0 Å². The lowest BCUT2D eigenvalue weighted by atomic mass is 10.1. The van der Waals surface area contributed by atoms with Gasteiger partial charge >= 0.3 is 0 Å². The van der Waals surface area contributed by atoms with Crippen molar-refractivity contribution in [1.82, 2.24) is 5.43 Å². The second-order valence-electron chi connectivity index (χ2n) is 6.43. The van der Waals surface area contributed by atoms with Crippen LogP contribution in [0.4, 0.5) is 5.69 Å². The quantitative estimate of drug-likeness (QED) is 0.490. The average molecular weight is 420 g/mol. The molecule has 0 radical (unpaired) electrons. The van der Waals surface area contributed by atoms with E-state index in [0.29, 0.717) is 5.56 Å². The van der Waals surface area contributed by atoms with Crippen molar-refractivity contribution in [1.29, 1.82) is 0 Å². The molecule has 1 N–H and O–H groups in total. The largest absolute Gasteiger partial charge is 0.363 e. The molecular formula is C22H18BrN3O. The summed E-state index contributed by atoms with van der Waals surface area (Å²) in [6, 6.07) is 23.8. The zero-order valence-electron chi connectivity index (χ0n) is 14.6. The first-order valence-electron chi connectivity index (χ1n) is 8.70. The topological polar surface area (TPSA) is 44.7 Å². The first-order valence-corrected chi connectivity index (χ1v) is 9.49. The Morgan fingerprint density at radius 1 is 0.963 bits per heavy atom. The molecule has 0 saturated carbocycles. The molecule has 1 aliphatic heterocycles. The Morgan fingerprint density at radius 2 is 1.70 bits per heavy atom. The highest BCUT2D eigenvalue weighted by Gasteiger charge is 2.20. The number of amides is 1. The summed E-state index contributed by atoms with van der Waals surface area (Å²) >= 11 is 3.47. The Balaban J connectivity index is 1.43. The van der Waals surface area contributed by atoms with E-state index in [2.05, 4.69) is 43.5 Å². The van der Waals surface area contributed by atoms with E-state index >= 15 is 0 Å². The van der Waals surface area contributed by atoms with Crippen LogP contribution in [0.5, 0.6) is 0 Å². The number of anilines is 1. The Kier molecular flexibility index (Phi) is 5.03. The number of nitrogens with one attached hydrogen (secondary N) is 1. The number of fused-ring (bicyclic) bond motifs is 1. The third-order valence-electron chi connectivity index (χ3n) is 4.56. The third kappa shape index (κ3) is 4.09. The minimum atomic E-state index is -0.202. The van der Waals surface area contributed by atoms with E-state index in [1.165, 1.54) is 16.8 Å². The van der Waals surface area contributed by atoms with Crippen LogP contribution in [0.3, 0.4) is 0 Å². The summed E-state index contributed by atoms with van der Waals surface area (Å²) < 4.78 is 1.07. The first-order chi connectivity index (χ1) is 13.2. The van der Waals surface area contributed by atoms with Gasteiger partial charge in [-0.2, -0.15) is 5.10 Å². The number of carbonyl (C=O) groups excluding carboxylic acids is 1. The number of hydrogen-bond donors (Lipinski definition) is 1. The summed E-state index contributed by atoms with van der Waals surface area (Å²) in [7, 11) is 0. The van der Waals surface area contributed by atoms with Crippen molar-refractivity contribution in [3.05, 3.63) is 99.5 Å². The van der Waals surface area contributed by atoms with E-state index < -0.39 is 0 Å². The zero-order valence-corrected chi connectivity index (χ0v) is 16.2. The van der Waals surface area contributed by atoms with E-state index in [0.717, 1.165) is 23.1 Å². The highest BCUT2D eigenvalue weighted by Crippen LogP contribution is 2.29. The van der Waals surface area contributed by atoms with Crippen LogP contribution in [-0.4, -0.2) is 12.1 Å². The fourth-order valence-electron chi connectivity index (χ4n) is 3.14. The molecule has 4 rings (SSSR count). The molecule has 0 spiro atoms. The molecule has 4 nitrogen and oxygen atoms in total. The van der Waals surface area contributed by atoms with Crippen molar-refractivity contribution >= 4 is 33.7 Å². The molecule has 0 aromatic heterocycles.